The Morgan fingerprint density at radius 3 is 3.00 bits per heavy atom. The van der Waals surface area contributed by atoms with Crippen LogP contribution in [0.15, 0.2) is 24.4 Å². The van der Waals surface area contributed by atoms with Gasteiger partial charge in [0.15, 0.2) is 0 Å². The number of rotatable bonds is 3. The molecule has 0 saturated heterocycles. The molecular weight excluding hydrogens is 204 g/mol. The number of carboxylic acids is 1. The van der Waals surface area contributed by atoms with E-state index in [1.807, 2.05) is 25.1 Å². The molecular formula is C12H13N2O2-. The van der Waals surface area contributed by atoms with Crippen LogP contribution in [0.3, 0.4) is 0 Å². The third kappa shape index (κ3) is 1.92. The lowest BCUT2D eigenvalue weighted by molar-refractivity contribution is -0.307. The van der Waals surface area contributed by atoms with Gasteiger partial charge in [-0.25, -0.2) is 0 Å². The summed E-state index contributed by atoms with van der Waals surface area (Å²) in [4.78, 5) is 13.7. The van der Waals surface area contributed by atoms with Gasteiger partial charge in [0.1, 0.15) is 0 Å². The van der Waals surface area contributed by atoms with Gasteiger partial charge in [-0.2, -0.15) is 0 Å². The minimum atomic E-state index is -1.22. The van der Waals surface area contributed by atoms with Crippen LogP contribution in [-0.2, 0) is 11.2 Å². The van der Waals surface area contributed by atoms with Crippen LogP contribution in [0.1, 0.15) is 11.1 Å². The zero-order chi connectivity index (χ0) is 11.7. The molecule has 84 valence electrons. The lowest BCUT2D eigenvalue weighted by Crippen LogP contribution is -2.43. The van der Waals surface area contributed by atoms with Crippen LogP contribution in [0.5, 0.6) is 0 Å². The molecule has 0 saturated carbocycles. The van der Waals surface area contributed by atoms with Crippen LogP contribution in [-0.4, -0.2) is 17.0 Å². The highest BCUT2D eigenvalue weighted by Gasteiger charge is 2.09. The smallest absolute Gasteiger partial charge is 0.0585 e. The van der Waals surface area contributed by atoms with Gasteiger partial charge in [0.2, 0.25) is 0 Å². The third-order valence-corrected chi connectivity index (χ3v) is 2.67. The van der Waals surface area contributed by atoms with Gasteiger partial charge >= 0.3 is 0 Å². The van der Waals surface area contributed by atoms with Gasteiger partial charge in [-0.3, -0.25) is 0 Å². The molecule has 0 aliphatic rings. The number of benzene rings is 1. The molecule has 2 rings (SSSR count). The van der Waals surface area contributed by atoms with Crippen molar-refractivity contribution >= 4 is 16.9 Å². The molecule has 3 N–H and O–H groups in total. The zero-order valence-corrected chi connectivity index (χ0v) is 8.99. The Morgan fingerprint density at radius 1 is 1.56 bits per heavy atom. The second-order valence-corrected chi connectivity index (χ2v) is 3.99. The summed E-state index contributed by atoms with van der Waals surface area (Å²) in [5.41, 5.74) is 8.50. The molecule has 1 aromatic carbocycles. The predicted molar refractivity (Wildman–Crippen MR) is 59.7 cm³/mol. The highest BCUT2D eigenvalue weighted by atomic mass is 16.4. The number of carbonyl (C=O) groups is 1. The zero-order valence-electron chi connectivity index (χ0n) is 8.99. The van der Waals surface area contributed by atoms with Crippen molar-refractivity contribution in [3.63, 3.8) is 0 Å². The molecule has 0 radical (unpaired) electrons. The number of nitrogens with one attached hydrogen (secondary N) is 1. The van der Waals surface area contributed by atoms with E-state index in [0.29, 0.717) is 0 Å². The summed E-state index contributed by atoms with van der Waals surface area (Å²) in [7, 11) is 0. The van der Waals surface area contributed by atoms with E-state index < -0.39 is 12.0 Å². The van der Waals surface area contributed by atoms with Gasteiger partial charge < -0.3 is 20.6 Å². The van der Waals surface area contributed by atoms with E-state index in [2.05, 4.69) is 4.98 Å². The van der Waals surface area contributed by atoms with Crippen LogP contribution in [0.4, 0.5) is 0 Å². The van der Waals surface area contributed by atoms with Gasteiger partial charge in [0.05, 0.1) is 5.97 Å². The van der Waals surface area contributed by atoms with Crippen molar-refractivity contribution < 1.29 is 9.90 Å². The Bertz CT molecular complexity index is 531. The first-order chi connectivity index (χ1) is 7.58. The second kappa shape index (κ2) is 3.98. The van der Waals surface area contributed by atoms with Gasteiger partial charge in [-0.05, 0) is 31.0 Å². The fourth-order valence-corrected chi connectivity index (χ4v) is 1.78. The van der Waals surface area contributed by atoms with Crippen molar-refractivity contribution in [1.29, 1.82) is 0 Å². The molecule has 1 unspecified atom stereocenters. The first kappa shape index (κ1) is 10.7. The summed E-state index contributed by atoms with van der Waals surface area (Å²) >= 11 is 0. The molecule has 4 nitrogen and oxygen atoms in total. The molecule has 1 aromatic heterocycles. The number of aryl methyl sites for hydroxylation is 1. The number of aromatic amines is 1. The Balaban J connectivity index is 2.37. The topological polar surface area (TPSA) is 81.9 Å². The molecule has 0 aliphatic carbocycles. The fraction of sp³-hybridized carbons (Fsp3) is 0.250. The predicted octanol–water partition coefficient (Wildman–Crippen LogP) is 0.0960. The fourth-order valence-electron chi connectivity index (χ4n) is 1.78. The molecule has 4 heteroatoms. The van der Waals surface area contributed by atoms with E-state index in [-0.39, 0.29) is 6.42 Å². The molecule has 0 fully saturated rings. The standard InChI is InChI=1S/C12H14N2O2/c1-7-2-3-11-9(4-7)8(6-14-11)5-10(13)12(15)16/h2-4,6,10,14H,5,13H2,1H3,(H,15,16)/p-1. The molecule has 1 heterocycles. The monoisotopic (exact) mass is 217 g/mol. The number of nitrogens with two attached hydrogens (primary N) is 1. The first-order valence-electron chi connectivity index (χ1n) is 5.11. The minimum Gasteiger partial charge on any atom is -0.548 e. The second-order valence-electron chi connectivity index (χ2n) is 3.99. The molecule has 16 heavy (non-hydrogen) atoms. The maximum atomic E-state index is 10.6. The Hall–Kier alpha value is -1.81. The molecule has 2 aromatic rings. The number of hydrogen-bond acceptors (Lipinski definition) is 3. The van der Waals surface area contributed by atoms with E-state index in [4.69, 9.17) is 5.73 Å². The highest BCUT2D eigenvalue weighted by molar-refractivity contribution is 5.84. The number of fused-ring (bicyclic) bond motifs is 1. The van der Waals surface area contributed by atoms with Crippen molar-refractivity contribution in [3.8, 4) is 0 Å². The summed E-state index contributed by atoms with van der Waals surface area (Å²) in [6.45, 7) is 1.99. The van der Waals surface area contributed by atoms with Crippen LogP contribution in [0.25, 0.3) is 10.9 Å². The van der Waals surface area contributed by atoms with E-state index in [0.717, 1.165) is 22.0 Å². The van der Waals surface area contributed by atoms with Crippen molar-refractivity contribution in [2.75, 3.05) is 0 Å². The Kier molecular flexibility index (Phi) is 2.66. The van der Waals surface area contributed by atoms with Crippen molar-refractivity contribution in [2.24, 2.45) is 5.73 Å². The lowest BCUT2D eigenvalue weighted by atomic mass is 10.0. The lowest BCUT2D eigenvalue weighted by Gasteiger charge is -2.11. The Morgan fingerprint density at radius 2 is 2.31 bits per heavy atom. The van der Waals surface area contributed by atoms with Crippen LogP contribution in [0.2, 0.25) is 0 Å². The van der Waals surface area contributed by atoms with E-state index in [1.54, 1.807) is 6.20 Å². The maximum Gasteiger partial charge on any atom is 0.0585 e. The number of carbonyl (C=O) groups excluding carboxylic acids is 1. The van der Waals surface area contributed by atoms with Crippen LogP contribution >= 0.6 is 0 Å². The van der Waals surface area contributed by atoms with E-state index >= 15 is 0 Å². The largest absolute Gasteiger partial charge is 0.548 e. The number of aromatic nitrogens is 1. The van der Waals surface area contributed by atoms with E-state index in [9.17, 15) is 9.90 Å². The summed E-state index contributed by atoms with van der Waals surface area (Å²) in [5, 5.41) is 11.6. The van der Waals surface area contributed by atoms with Crippen molar-refractivity contribution in [2.45, 2.75) is 19.4 Å². The first-order valence-corrected chi connectivity index (χ1v) is 5.11. The SMILES string of the molecule is Cc1ccc2[nH]cc(CC(N)C(=O)[O-])c2c1. The quantitative estimate of drug-likeness (QED) is 0.764. The molecule has 1 atom stereocenters. The number of H-pyrrole nitrogens is 1. The summed E-state index contributed by atoms with van der Waals surface area (Å²) in [5.74, 6) is -1.22. The Labute approximate surface area is 93.1 Å². The average molecular weight is 217 g/mol. The number of aliphatic carboxylic acids is 1. The van der Waals surface area contributed by atoms with Gasteiger partial charge in [0, 0.05) is 23.1 Å². The third-order valence-electron chi connectivity index (χ3n) is 2.67. The number of hydrogen-bond donors (Lipinski definition) is 2. The summed E-state index contributed by atoms with van der Waals surface area (Å²) < 4.78 is 0. The normalized spacial score (nSPS) is 12.9. The van der Waals surface area contributed by atoms with Crippen molar-refractivity contribution in [1.82, 2.24) is 4.98 Å². The number of carboxylic acid groups (broad SMARTS) is 1. The molecule has 0 bridgehead atoms. The van der Waals surface area contributed by atoms with Crippen LogP contribution < -0.4 is 10.8 Å². The van der Waals surface area contributed by atoms with Gasteiger partial charge in [-0.15, -0.1) is 0 Å². The molecule has 0 amide bonds. The van der Waals surface area contributed by atoms with Gasteiger partial charge in [-0.1, -0.05) is 11.6 Å². The van der Waals surface area contributed by atoms with Crippen LogP contribution in [0, 0.1) is 6.92 Å². The molecule has 0 aliphatic heterocycles. The van der Waals surface area contributed by atoms with Gasteiger partial charge in [0.25, 0.3) is 0 Å². The van der Waals surface area contributed by atoms with Crippen molar-refractivity contribution in [3.05, 3.63) is 35.5 Å². The maximum absolute atomic E-state index is 10.6. The summed E-state index contributed by atoms with van der Waals surface area (Å²) in [6, 6.07) is 5.03. The average Bonchev–Trinajstić information content (AvgIpc) is 2.61. The summed E-state index contributed by atoms with van der Waals surface area (Å²) in [6.07, 6.45) is 2.08. The molecule has 0 spiro atoms. The highest BCUT2D eigenvalue weighted by Crippen LogP contribution is 2.20. The minimum absolute atomic E-state index is 0.284. The van der Waals surface area contributed by atoms with E-state index in [1.165, 1.54) is 0 Å².